The van der Waals surface area contributed by atoms with Crippen molar-refractivity contribution in [1.82, 2.24) is 5.32 Å². The van der Waals surface area contributed by atoms with E-state index in [1.54, 1.807) is 19.1 Å². The molecule has 2 amide bonds. The molecule has 0 fully saturated rings. The van der Waals surface area contributed by atoms with Crippen molar-refractivity contribution in [3.05, 3.63) is 94.0 Å². The van der Waals surface area contributed by atoms with Gasteiger partial charge in [0.25, 0.3) is 5.91 Å². The summed E-state index contributed by atoms with van der Waals surface area (Å²) in [7, 11) is 0. The highest BCUT2D eigenvalue weighted by atomic mass is 79.9. The highest BCUT2D eigenvalue weighted by Crippen LogP contribution is 2.16. The molecule has 0 radical (unpaired) electrons. The molecular weight excluding hydrogens is 500 g/mol. The van der Waals surface area contributed by atoms with Gasteiger partial charge < -0.3 is 20.1 Å². The lowest BCUT2D eigenvalue weighted by atomic mass is 10.1. The van der Waals surface area contributed by atoms with E-state index < -0.39 is 6.16 Å². The van der Waals surface area contributed by atoms with Crippen LogP contribution in [0.2, 0.25) is 0 Å². The van der Waals surface area contributed by atoms with Gasteiger partial charge in [0, 0.05) is 28.7 Å². The summed E-state index contributed by atoms with van der Waals surface area (Å²) in [6.07, 6.45) is 0.220. The van der Waals surface area contributed by atoms with Gasteiger partial charge in [0.2, 0.25) is 5.91 Å². The van der Waals surface area contributed by atoms with Gasteiger partial charge in [0.05, 0.1) is 6.61 Å². The van der Waals surface area contributed by atoms with Gasteiger partial charge in [-0.25, -0.2) is 4.79 Å². The van der Waals surface area contributed by atoms with Crippen LogP contribution in [0.5, 0.6) is 5.75 Å². The van der Waals surface area contributed by atoms with Crippen LogP contribution >= 0.6 is 15.9 Å². The van der Waals surface area contributed by atoms with Gasteiger partial charge in [-0.3, -0.25) is 9.59 Å². The molecule has 34 heavy (non-hydrogen) atoms. The Bertz CT molecular complexity index is 1150. The van der Waals surface area contributed by atoms with Crippen LogP contribution in [0.3, 0.4) is 0 Å². The van der Waals surface area contributed by atoms with Crippen LogP contribution in [0.25, 0.3) is 0 Å². The zero-order chi connectivity index (χ0) is 24.3. The molecule has 0 unspecified atom stereocenters. The summed E-state index contributed by atoms with van der Waals surface area (Å²) in [5.74, 6) is -0.0595. The van der Waals surface area contributed by atoms with E-state index in [1.807, 2.05) is 48.5 Å². The Hall–Kier alpha value is -3.65. The topological polar surface area (TPSA) is 93.7 Å². The smallest absolute Gasteiger partial charge is 0.434 e. The van der Waals surface area contributed by atoms with E-state index in [9.17, 15) is 14.4 Å². The second-order valence-electron chi connectivity index (χ2n) is 7.37. The largest absolute Gasteiger partial charge is 0.513 e. The van der Waals surface area contributed by atoms with Crippen molar-refractivity contribution >= 4 is 39.6 Å². The Kier molecular flexibility index (Phi) is 9.22. The van der Waals surface area contributed by atoms with Crippen molar-refractivity contribution in [3.63, 3.8) is 0 Å². The quantitative estimate of drug-likeness (QED) is 0.285. The molecule has 0 aromatic heterocycles. The van der Waals surface area contributed by atoms with Gasteiger partial charge in [-0.15, -0.1) is 0 Å². The van der Waals surface area contributed by atoms with Crippen LogP contribution in [0.4, 0.5) is 10.5 Å². The Morgan fingerprint density at radius 1 is 0.912 bits per heavy atom. The van der Waals surface area contributed by atoms with Crippen LogP contribution in [-0.4, -0.2) is 24.6 Å². The van der Waals surface area contributed by atoms with E-state index in [0.717, 1.165) is 15.6 Å². The lowest BCUT2D eigenvalue weighted by Crippen LogP contribution is -2.22. The zero-order valence-corrected chi connectivity index (χ0v) is 20.3. The molecule has 0 heterocycles. The molecule has 3 aromatic carbocycles. The molecule has 8 heteroatoms. The lowest BCUT2D eigenvalue weighted by molar-refractivity contribution is -0.116. The minimum Gasteiger partial charge on any atom is -0.434 e. The number of rotatable bonds is 9. The van der Waals surface area contributed by atoms with Gasteiger partial charge >= 0.3 is 6.16 Å². The molecule has 0 bridgehead atoms. The Morgan fingerprint density at radius 3 is 2.38 bits per heavy atom. The average molecular weight is 525 g/mol. The second-order valence-corrected chi connectivity index (χ2v) is 8.29. The number of hydrogen-bond donors (Lipinski definition) is 2. The summed E-state index contributed by atoms with van der Waals surface area (Å²) in [6, 6.07) is 21.4. The van der Waals surface area contributed by atoms with E-state index in [-0.39, 0.29) is 18.4 Å². The predicted octanol–water partition coefficient (Wildman–Crippen LogP) is 5.49. The average Bonchev–Trinajstić information content (AvgIpc) is 2.82. The third-order valence-electron chi connectivity index (χ3n) is 4.77. The molecule has 176 valence electrons. The first-order valence-electron chi connectivity index (χ1n) is 10.8. The number of carbonyl (C=O) groups excluding carboxylic acids is 3. The summed E-state index contributed by atoms with van der Waals surface area (Å²) in [6.45, 7) is 2.20. The summed E-state index contributed by atoms with van der Waals surface area (Å²) in [5.41, 5.74) is 3.03. The van der Waals surface area contributed by atoms with Crippen molar-refractivity contribution in [2.75, 3.05) is 11.9 Å². The number of anilines is 1. The Labute approximate surface area is 206 Å². The molecule has 0 aliphatic carbocycles. The van der Waals surface area contributed by atoms with Crippen molar-refractivity contribution < 1.29 is 23.9 Å². The van der Waals surface area contributed by atoms with Crippen LogP contribution < -0.4 is 15.4 Å². The van der Waals surface area contributed by atoms with Crippen LogP contribution in [0, 0.1) is 0 Å². The third-order valence-corrected chi connectivity index (χ3v) is 5.27. The van der Waals surface area contributed by atoms with Gasteiger partial charge in [-0.2, -0.15) is 0 Å². The van der Waals surface area contributed by atoms with Crippen molar-refractivity contribution in [2.24, 2.45) is 0 Å². The number of nitrogens with one attached hydrogen (secondary N) is 2. The fourth-order valence-corrected chi connectivity index (χ4v) is 3.58. The SMILES string of the molecule is CCOC(=O)Oc1ccc(C(=O)NCc2cccc(NC(=O)CCc3cccc(Br)c3)c2)cc1. The Morgan fingerprint density at radius 2 is 1.65 bits per heavy atom. The first kappa shape index (κ1) is 25.0. The molecule has 0 aliphatic heterocycles. The molecule has 0 aliphatic rings. The highest BCUT2D eigenvalue weighted by molar-refractivity contribution is 9.10. The summed E-state index contributed by atoms with van der Waals surface area (Å²) in [5, 5.41) is 5.74. The minimum atomic E-state index is -0.792. The maximum absolute atomic E-state index is 12.4. The van der Waals surface area contributed by atoms with Crippen LogP contribution in [-0.2, 0) is 22.5 Å². The van der Waals surface area contributed by atoms with Gasteiger partial charge in [0.1, 0.15) is 5.75 Å². The maximum atomic E-state index is 12.4. The van der Waals surface area contributed by atoms with Gasteiger partial charge in [0.15, 0.2) is 0 Å². The van der Waals surface area contributed by atoms with Crippen molar-refractivity contribution in [2.45, 2.75) is 26.3 Å². The fraction of sp³-hybridized carbons (Fsp3) is 0.192. The number of hydrogen-bond acceptors (Lipinski definition) is 5. The van der Waals surface area contributed by atoms with E-state index in [2.05, 4.69) is 26.6 Å². The molecule has 7 nitrogen and oxygen atoms in total. The number of ether oxygens (including phenoxy) is 2. The van der Waals surface area contributed by atoms with E-state index >= 15 is 0 Å². The van der Waals surface area contributed by atoms with Gasteiger partial charge in [-0.1, -0.05) is 40.2 Å². The lowest BCUT2D eigenvalue weighted by Gasteiger charge is -2.10. The van der Waals surface area contributed by atoms with Crippen LogP contribution in [0.1, 0.15) is 34.8 Å². The number of halogens is 1. The first-order valence-corrected chi connectivity index (χ1v) is 11.6. The molecule has 0 atom stereocenters. The van der Waals surface area contributed by atoms with E-state index in [4.69, 9.17) is 9.47 Å². The van der Waals surface area contributed by atoms with Crippen LogP contribution in [0.15, 0.2) is 77.3 Å². The molecule has 3 aromatic rings. The standard InChI is InChI=1S/C26H25BrN2O5/c1-2-33-26(32)34-23-12-10-20(11-13-23)25(31)28-17-19-6-4-8-22(16-19)29-24(30)14-9-18-5-3-7-21(27)15-18/h3-8,10-13,15-16H,2,9,14,17H2,1H3,(H,28,31)(H,29,30). The maximum Gasteiger partial charge on any atom is 0.513 e. The summed E-state index contributed by atoms with van der Waals surface area (Å²) in [4.78, 5) is 36.1. The normalized spacial score (nSPS) is 10.3. The molecule has 0 saturated carbocycles. The number of carbonyl (C=O) groups is 3. The number of benzene rings is 3. The molecule has 2 N–H and O–H groups in total. The fourth-order valence-electron chi connectivity index (χ4n) is 3.14. The minimum absolute atomic E-state index is 0.0775. The third kappa shape index (κ3) is 8.04. The second kappa shape index (κ2) is 12.6. The summed E-state index contributed by atoms with van der Waals surface area (Å²) < 4.78 is 10.7. The monoisotopic (exact) mass is 524 g/mol. The van der Waals surface area contributed by atoms with E-state index in [0.29, 0.717) is 36.4 Å². The Balaban J connectivity index is 1.48. The highest BCUT2D eigenvalue weighted by Gasteiger charge is 2.09. The number of aryl methyl sites for hydroxylation is 1. The molecule has 0 spiro atoms. The number of amides is 2. The first-order chi connectivity index (χ1) is 16.4. The summed E-state index contributed by atoms with van der Waals surface area (Å²) >= 11 is 3.43. The predicted molar refractivity (Wildman–Crippen MR) is 133 cm³/mol. The van der Waals surface area contributed by atoms with Crippen molar-refractivity contribution in [1.29, 1.82) is 0 Å². The van der Waals surface area contributed by atoms with E-state index in [1.165, 1.54) is 12.1 Å². The molecular formula is C26H25BrN2O5. The van der Waals surface area contributed by atoms with Gasteiger partial charge in [-0.05, 0) is 73.0 Å². The van der Waals surface area contributed by atoms with Crippen molar-refractivity contribution in [3.8, 4) is 5.75 Å². The molecule has 3 rings (SSSR count). The zero-order valence-electron chi connectivity index (χ0n) is 18.7. The molecule has 0 saturated heterocycles.